The summed E-state index contributed by atoms with van der Waals surface area (Å²) in [4.78, 5) is 7.35. The van der Waals surface area contributed by atoms with Gasteiger partial charge in [0.25, 0.3) is 0 Å². The molecule has 0 spiro atoms. The number of piperidine rings is 1. The van der Waals surface area contributed by atoms with Crippen LogP contribution in [0.1, 0.15) is 77.6 Å². The number of rotatable bonds is 13. The second-order valence-corrected chi connectivity index (χ2v) is 8.56. The SMILES string of the molecule is CCNC(=NCCCCCOC1CCCCC1)NC1CCN(CCCOC)CC1.I. The van der Waals surface area contributed by atoms with E-state index in [1.54, 1.807) is 7.11 Å². The molecule has 0 aromatic heterocycles. The number of aliphatic imine (C=N–C) groups is 1. The molecular formula is C23H47IN4O2. The zero-order chi connectivity index (χ0) is 20.6. The zero-order valence-electron chi connectivity index (χ0n) is 19.5. The Morgan fingerprint density at radius 1 is 0.967 bits per heavy atom. The number of ether oxygens (including phenoxy) is 2. The molecule has 0 amide bonds. The van der Waals surface area contributed by atoms with Gasteiger partial charge in [0.1, 0.15) is 0 Å². The zero-order valence-corrected chi connectivity index (χ0v) is 21.8. The van der Waals surface area contributed by atoms with Gasteiger partial charge in [-0.1, -0.05) is 19.3 Å². The van der Waals surface area contributed by atoms with Gasteiger partial charge in [0.2, 0.25) is 0 Å². The molecule has 2 fully saturated rings. The summed E-state index contributed by atoms with van der Waals surface area (Å²) in [5, 5.41) is 7.06. The maximum Gasteiger partial charge on any atom is 0.191 e. The molecule has 0 aromatic carbocycles. The van der Waals surface area contributed by atoms with Crippen LogP contribution in [0.2, 0.25) is 0 Å². The highest BCUT2D eigenvalue weighted by atomic mass is 127. The van der Waals surface area contributed by atoms with E-state index in [1.165, 1.54) is 64.5 Å². The van der Waals surface area contributed by atoms with E-state index in [9.17, 15) is 0 Å². The average Bonchev–Trinajstić information content (AvgIpc) is 2.75. The van der Waals surface area contributed by atoms with Gasteiger partial charge in [-0.05, 0) is 58.3 Å². The molecule has 7 heteroatoms. The van der Waals surface area contributed by atoms with Crippen molar-refractivity contribution in [2.24, 2.45) is 4.99 Å². The lowest BCUT2D eigenvalue weighted by Crippen LogP contribution is -2.48. The lowest BCUT2D eigenvalue weighted by molar-refractivity contribution is 0.0264. The fraction of sp³-hybridized carbons (Fsp3) is 0.957. The summed E-state index contributed by atoms with van der Waals surface area (Å²) in [5.41, 5.74) is 0. The van der Waals surface area contributed by atoms with E-state index < -0.39 is 0 Å². The Hall–Kier alpha value is -0.120. The fourth-order valence-corrected chi connectivity index (χ4v) is 4.31. The average molecular weight is 539 g/mol. The van der Waals surface area contributed by atoms with Gasteiger partial charge < -0.3 is 25.0 Å². The van der Waals surface area contributed by atoms with Crippen LogP contribution in [0.5, 0.6) is 0 Å². The van der Waals surface area contributed by atoms with Crippen LogP contribution >= 0.6 is 24.0 Å². The van der Waals surface area contributed by atoms with Gasteiger partial charge in [-0.3, -0.25) is 4.99 Å². The number of unbranched alkanes of at least 4 members (excludes halogenated alkanes) is 2. The molecule has 0 unspecified atom stereocenters. The molecule has 178 valence electrons. The summed E-state index contributed by atoms with van der Waals surface area (Å²) in [7, 11) is 1.78. The van der Waals surface area contributed by atoms with Crippen LogP contribution < -0.4 is 10.6 Å². The van der Waals surface area contributed by atoms with Gasteiger partial charge in [-0.25, -0.2) is 0 Å². The molecule has 1 aliphatic heterocycles. The number of guanidine groups is 1. The van der Waals surface area contributed by atoms with Gasteiger partial charge >= 0.3 is 0 Å². The minimum absolute atomic E-state index is 0. The normalized spacial score (nSPS) is 19.5. The number of hydrogen-bond acceptors (Lipinski definition) is 4. The first-order valence-electron chi connectivity index (χ1n) is 12.2. The van der Waals surface area contributed by atoms with Crippen LogP contribution in [0.3, 0.4) is 0 Å². The maximum atomic E-state index is 6.02. The van der Waals surface area contributed by atoms with E-state index in [4.69, 9.17) is 14.5 Å². The van der Waals surface area contributed by atoms with Crippen molar-refractivity contribution in [3.63, 3.8) is 0 Å². The quantitative estimate of drug-likeness (QED) is 0.160. The Kier molecular flexibility index (Phi) is 17.2. The first-order chi connectivity index (χ1) is 14.3. The molecule has 2 aliphatic rings. The van der Waals surface area contributed by atoms with Crippen LogP contribution in [0.4, 0.5) is 0 Å². The molecule has 0 bridgehead atoms. The summed E-state index contributed by atoms with van der Waals surface area (Å²) >= 11 is 0. The molecule has 2 rings (SSSR count). The molecule has 0 radical (unpaired) electrons. The molecule has 1 saturated carbocycles. The second kappa shape index (κ2) is 18.5. The van der Waals surface area contributed by atoms with Crippen LogP contribution in [-0.4, -0.2) is 76.1 Å². The molecule has 2 N–H and O–H groups in total. The Bertz CT molecular complexity index is 425. The van der Waals surface area contributed by atoms with Gasteiger partial charge in [0.15, 0.2) is 5.96 Å². The number of hydrogen-bond donors (Lipinski definition) is 2. The van der Waals surface area contributed by atoms with E-state index in [0.29, 0.717) is 12.1 Å². The lowest BCUT2D eigenvalue weighted by Gasteiger charge is -2.33. The summed E-state index contributed by atoms with van der Waals surface area (Å²) < 4.78 is 11.2. The van der Waals surface area contributed by atoms with Crippen molar-refractivity contribution >= 4 is 29.9 Å². The third-order valence-corrected chi connectivity index (χ3v) is 6.07. The number of likely N-dealkylation sites (tertiary alicyclic amines) is 1. The van der Waals surface area contributed by atoms with Gasteiger partial charge in [0.05, 0.1) is 6.10 Å². The van der Waals surface area contributed by atoms with Crippen LogP contribution in [0.15, 0.2) is 4.99 Å². The van der Waals surface area contributed by atoms with Gasteiger partial charge in [-0.2, -0.15) is 0 Å². The van der Waals surface area contributed by atoms with Crippen molar-refractivity contribution in [2.45, 2.75) is 89.7 Å². The minimum atomic E-state index is 0. The standard InChI is InChI=1S/C23H46N4O2.HI/c1-3-24-23(26-21-13-17-27(18-14-21)16-10-19-28-2)25-15-8-5-9-20-29-22-11-6-4-7-12-22;/h21-22H,3-20H2,1-2H3,(H2,24,25,26);1H. The van der Waals surface area contributed by atoms with Gasteiger partial charge in [-0.15, -0.1) is 24.0 Å². The van der Waals surface area contributed by atoms with Crippen molar-refractivity contribution in [2.75, 3.05) is 53.0 Å². The summed E-state index contributed by atoms with van der Waals surface area (Å²) in [5.74, 6) is 0.990. The van der Waals surface area contributed by atoms with Crippen molar-refractivity contribution in [3.8, 4) is 0 Å². The number of methoxy groups -OCH3 is 1. The first-order valence-corrected chi connectivity index (χ1v) is 12.2. The van der Waals surface area contributed by atoms with E-state index in [1.807, 2.05) is 0 Å². The molecule has 1 aliphatic carbocycles. The smallest absolute Gasteiger partial charge is 0.191 e. The molecule has 30 heavy (non-hydrogen) atoms. The Labute approximate surface area is 202 Å². The highest BCUT2D eigenvalue weighted by Gasteiger charge is 2.19. The van der Waals surface area contributed by atoms with Crippen molar-refractivity contribution < 1.29 is 9.47 Å². The van der Waals surface area contributed by atoms with Crippen molar-refractivity contribution in [3.05, 3.63) is 0 Å². The minimum Gasteiger partial charge on any atom is -0.385 e. The monoisotopic (exact) mass is 538 g/mol. The topological polar surface area (TPSA) is 58.1 Å². The van der Waals surface area contributed by atoms with E-state index in [2.05, 4.69) is 22.5 Å². The maximum absolute atomic E-state index is 6.02. The highest BCUT2D eigenvalue weighted by Crippen LogP contribution is 2.20. The highest BCUT2D eigenvalue weighted by molar-refractivity contribution is 14.0. The Balaban J connectivity index is 0.00000450. The molecule has 0 aromatic rings. The predicted octanol–water partition coefficient (Wildman–Crippen LogP) is 4.18. The summed E-state index contributed by atoms with van der Waals surface area (Å²) in [6, 6.07) is 0.537. The third-order valence-electron chi connectivity index (χ3n) is 6.07. The van der Waals surface area contributed by atoms with E-state index in [-0.39, 0.29) is 24.0 Å². The third kappa shape index (κ3) is 12.7. The van der Waals surface area contributed by atoms with E-state index in [0.717, 1.165) is 58.1 Å². The molecular weight excluding hydrogens is 491 g/mol. The molecule has 1 saturated heterocycles. The largest absolute Gasteiger partial charge is 0.385 e. The Morgan fingerprint density at radius 3 is 2.43 bits per heavy atom. The number of nitrogens with zero attached hydrogens (tertiary/aromatic N) is 2. The second-order valence-electron chi connectivity index (χ2n) is 8.56. The lowest BCUT2D eigenvalue weighted by atomic mass is 9.98. The summed E-state index contributed by atoms with van der Waals surface area (Å²) in [6.45, 7) is 9.23. The van der Waals surface area contributed by atoms with Gasteiger partial charge in [0, 0.05) is 59.1 Å². The number of nitrogens with one attached hydrogen (secondary N) is 2. The van der Waals surface area contributed by atoms with E-state index >= 15 is 0 Å². The molecule has 0 atom stereocenters. The molecule has 6 nitrogen and oxygen atoms in total. The number of halogens is 1. The van der Waals surface area contributed by atoms with Crippen molar-refractivity contribution in [1.82, 2.24) is 15.5 Å². The predicted molar refractivity (Wildman–Crippen MR) is 137 cm³/mol. The van der Waals surface area contributed by atoms with Crippen LogP contribution in [-0.2, 0) is 9.47 Å². The fourth-order valence-electron chi connectivity index (χ4n) is 4.31. The van der Waals surface area contributed by atoms with Crippen LogP contribution in [0.25, 0.3) is 0 Å². The molecule has 1 heterocycles. The van der Waals surface area contributed by atoms with Crippen molar-refractivity contribution in [1.29, 1.82) is 0 Å². The first kappa shape index (κ1) is 27.9. The van der Waals surface area contributed by atoms with Crippen LogP contribution in [0, 0.1) is 0 Å². The summed E-state index contributed by atoms with van der Waals surface area (Å²) in [6.07, 6.45) is 14.2. The Morgan fingerprint density at radius 2 is 1.73 bits per heavy atom.